The largest absolute Gasteiger partial charge is 0.435 e. The van der Waals surface area contributed by atoms with Gasteiger partial charge in [-0.3, -0.25) is 0 Å². The lowest BCUT2D eigenvalue weighted by atomic mass is 9.97. The molecule has 10 aromatic rings. The molecule has 4 heteroatoms. The van der Waals surface area contributed by atoms with Gasteiger partial charge in [0.15, 0.2) is 5.58 Å². The van der Waals surface area contributed by atoms with Crippen molar-refractivity contribution in [3.05, 3.63) is 188 Å². The van der Waals surface area contributed by atoms with Crippen LogP contribution >= 0.6 is 0 Å². The molecule has 0 N–H and O–H groups in total. The SMILES string of the molecule is c1ccc(-c2nc3cc(-c4ccc(N(c5ccccc5)c5ccc6c(c5)c5ccccc5n6-c5ccccc5)cc4)c4ccccc4c3o2)cc1. The molecule has 10 rings (SSSR count). The van der Waals surface area contributed by atoms with Crippen LogP contribution in [0, 0.1) is 0 Å². The maximum absolute atomic E-state index is 6.37. The Morgan fingerprint density at radius 2 is 1.02 bits per heavy atom. The second kappa shape index (κ2) is 11.9. The topological polar surface area (TPSA) is 34.2 Å². The van der Waals surface area contributed by atoms with Gasteiger partial charge >= 0.3 is 0 Å². The van der Waals surface area contributed by atoms with E-state index in [4.69, 9.17) is 9.40 Å². The highest BCUT2D eigenvalue weighted by atomic mass is 16.3. The molecule has 0 aliphatic carbocycles. The number of oxazole rings is 1. The van der Waals surface area contributed by atoms with E-state index in [1.165, 1.54) is 21.8 Å². The number of benzene rings is 8. The van der Waals surface area contributed by atoms with E-state index in [2.05, 4.69) is 167 Å². The minimum Gasteiger partial charge on any atom is -0.435 e. The Morgan fingerprint density at radius 1 is 0.431 bits per heavy atom. The first kappa shape index (κ1) is 29.0. The van der Waals surface area contributed by atoms with Crippen molar-refractivity contribution in [3.63, 3.8) is 0 Å². The lowest BCUT2D eigenvalue weighted by molar-refractivity contribution is 0.623. The molecular formula is C47H31N3O. The molecule has 0 aliphatic heterocycles. The maximum Gasteiger partial charge on any atom is 0.227 e. The van der Waals surface area contributed by atoms with Gasteiger partial charge in [0.1, 0.15) is 5.52 Å². The van der Waals surface area contributed by atoms with E-state index in [1.807, 2.05) is 30.3 Å². The van der Waals surface area contributed by atoms with Crippen LogP contribution in [0.2, 0.25) is 0 Å². The lowest BCUT2D eigenvalue weighted by Gasteiger charge is -2.26. The highest BCUT2D eigenvalue weighted by molar-refractivity contribution is 6.12. The number of hydrogen-bond donors (Lipinski definition) is 0. The average Bonchev–Trinajstić information content (AvgIpc) is 3.79. The Bertz CT molecular complexity index is 2840. The van der Waals surface area contributed by atoms with E-state index in [1.54, 1.807) is 0 Å². The summed E-state index contributed by atoms with van der Waals surface area (Å²) in [4.78, 5) is 7.27. The second-order valence-electron chi connectivity index (χ2n) is 12.8. The van der Waals surface area contributed by atoms with Crippen molar-refractivity contribution in [2.45, 2.75) is 0 Å². The molecule has 0 radical (unpaired) electrons. The fourth-order valence-electron chi connectivity index (χ4n) is 7.47. The number of para-hydroxylation sites is 3. The molecular weight excluding hydrogens is 623 g/mol. The van der Waals surface area contributed by atoms with E-state index in [0.717, 1.165) is 61.3 Å². The lowest BCUT2D eigenvalue weighted by Crippen LogP contribution is -2.09. The Hall–Kier alpha value is -6.91. The van der Waals surface area contributed by atoms with Crippen molar-refractivity contribution in [2.75, 3.05) is 4.90 Å². The molecule has 0 atom stereocenters. The van der Waals surface area contributed by atoms with Gasteiger partial charge in [-0.05, 0) is 95.4 Å². The molecule has 0 fully saturated rings. The van der Waals surface area contributed by atoms with E-state index in [0.29, 0.717) is 5.89 Å². The van der Waals surface area contributed by atoms with Crippen LogP contribution in [-0.2, 0) is 0 Å². The van der Waals surface area contributed by atoms with Crippen LogP contribution in [0.4, 0.5) is 17.1 Å². The van der Waals surface area contributed by atoms with Gasteiger partial charge in [0.05, 0.1) is 11.0 Å². The van der Waals surface area contributed by atoms with Crippen LogP contribution in [0.15, 0.2) is 192 Å². The highest BCUT2D eigenvalue weighted by Gasteiger charge is 2.19. The molecule has 0 unspecified atom stereocenters. The molecule has 4 nitrogen and oxygen atoms in total. The average molecular weight is 654 g/mol. The fourth-order valence-corrected chi connectivity index (χ4v) is 7.47. The predicted molar refractivity (Wildman–Crippen MR) is 211 cm³/mol. The molecule has 240 valence electrons. The third-order valence-electron chi connectivity index (χ3n) is 9.80. The highest BCUT2D eigenvalue weighted by Crippen LogP contribution is 2.41. The van der Waals surface area contributed by atoms with Crippen molar-refractivity contribution in [1.29, 1.82) is 0 Å². The van der Waals surface area contributed by atoms with Crippen LogP contribution in [-0.4, -0.2) is 9.55 Å². The molecule has 8 aromatic carbocycles. The van der Waals surface area contributed by atoms with Gasteiger partial charge < -0.3 is 13.9 Å². The van der Waals surface area contributed by atoms with Crippen molar-refractivity contribution in [2.24, 2.45) is 0 Å². The van der Waals surface area contributed by atoms with Gasteiger partial charge in [0, 0.05) is 44.5 Å². The van der Waals surface area contributed by atoms with Gasteiger partial charge in [0.25, 0.3) is 0 Å². The molecule has 51 heavy (non-hydrogen) atoms. The number of aromatic nitrogens is 2. The number of rotatable bonds is 6. The standard InChI is InChI=1S/C47H31N3O/c1-4-14-33(15-5-1)47-48-43-31-41(38-20-10-11-22-40(38)46(43)51-47)32-24-26-36(27-25-32)49(34-16-6-2-7-17-34)37-28-29-45-42(30-37)39-21-12-13-23-44(39)50(45)35-18-8-3-9-19-35/h1-31H. The van der Waals surface area contributed by atoms with Crippen LogP contribution < -0.4 is 4.90 Å². The number of anilines is 3. The minimum atomic E-state index is 0.630. The summed E-state index contributed by atoms with van der Waals surface area (Å²) in [6.07, 6.45) is 0. The Balaban J connectivity index is 1.10. The number of fused-ring (bicyclic) bond motifs is 6. The van der Waals surface area contributed by atoms with Crippen molar-refractivity contribution < 1.29 is 4.42 Å². The Morgan fingerprint density at radius 3 is 1.78 bits per heavy atom. The number of hydrogen-bond acceptors (Lipinski definition) is 3. The molecule has 0 amide bonds. The Kier molecular flexibility index (Phi) is 6.78. The number of nitrogens with zero attached hydrogens (tertiary/aromatic N) is 3. The summed E-state index contributed by atoms with van der Waals surface area (Å²) in [5.41, 5.74) is 11.7. The fraction of sp³-hybridized carbons (Fsp3) is 0. The summed E-state index contributed by atoms with van der Waals surface area (Å²) in [6, 6.07) is 66.2. The van der Waals surface area contributed by atoms with Gasteiger partial charge in [-0.15, -0.1) is 0 Å². The quantitative estimate of drug-likeness (QED) is 0.179. The summed E-state index contributed by atoms with van der Waals surface area (Å²) in [7, 11) is 0. The minimum absolute atomic E-state index is 0.630. The third-order valence-corrected chi connectivity index (χ3v) is 9.80. The van der Waals surface area contributed by atoms with E-state index >= 15 is 0 Å². The predicted octanol–water partition coefficient (Wildman–Crippen LogP) is 12.9. The van der Waals surface area contributed by atoms with Crippen molar-refractivity contribution in [3.8, 4) is 28.3 Å². The first-order valence-electron chi connectivity index (χ1n) is 17.2. The van der Waals surface area contributed by atoms with Crippen molar-refractivity contribution >= 4 is 60.7 Å². The zero-order valence-electron chi connectivity index (χ0n) is 27.6. The van der Waals surface area contributed by atoms with Crippen molar-refractivity contribution in [1.82, 2.24) is 9.55 Å². The van der Waals surface area contributed by atoms with Gasteiger partial charge in [-0.1, -0.05) is 109 Å². The monoisotopic (exact) mass is 653 g/mol. The third kappa shape index (κ3) is 4.88. The molecule has 0 saturated carbocycles. The van der Waals surface area contributed by atoms with Crippen LogP contribution in [0.1, 0.15) is 0 Å². The summed E-state index contributed by atoms with van der Waals surface area (Å²) >= 11 is 0. The molecule has 2 aromatic heterocycles. The summed E-state index contributed by atoms with van der Waals surface area (Å²) < 4.78 is 8.73. The van der Waals surface area contributed by atoms with Crippen LogP contribution in [0.5, 0.6) is 0 Å². The molecule has 2 heterocycles. The van der Waals surface area contributed by atoms with Crippen LogP contribution in [0.3, 0.4) is 0 Å². The van der Waals surface area contributed by atoms with Crippen LogP contribution in [0.25, 0.3) is 71.9 Å². The van der Waals surface area contributed by atoms with E-state index in [-0.39, 0.29) is 0 Å². The smallest absolute Gasteiger partial charge is 0.227 e. The second-order valence-corrected chi connectivity index (χ2v) is 12.8. The molecule has 0 saturated heterocycles. The van der Waals surface area contributed by atoms with Gasteiger partial charge in [0.2, 0.25) is 5.89 Å². The zero-order chi connectivity index (χ0) is 33.7. The normalized spacial score (nSPS) is 11.5. The first-order valence-corrected chi connectivity index (χ1v) is 17.2. The first-order chi connectivity index (χ1) is 25.3. The zero-order valence-corrected chi connectivity index (χ0v) is 27.6. The summed E-state index contributed by atoms with van der Waals surface area (Å²) in [5, 5.41) is 4.63. The van der Waals surface area contributed by atoms with Gasteiger partial charge in [-0.25, -0.2) is 4.98 Å². The molecule has 0 aliphatic rings. The van der Waals surface area contributed by atoms with E-state index < -0.39 is 0 Å². The maximum atomic E-state index is 6.37. The van der Waals surface area contributed by atoms with E-state index in [9.17, 15) is 0 Å². The molecule has 0 spiro atoms. The summed E-state index contributed by atoms with van der Waals surface area (Å²) in [6.45, 7) is 0. The Labute approximate surface area is 295 Å². The van der Waals surface area contributed by atoms with Gasteiger partial charge in [-0.2, -0.15) is 0 Å². The molecule has 0 bridgehead atoms. The summed E-state index contributed by atoms with van der Waals surface area (Å²) in [5.74, 6) is 0.630.